The van der Waals surface area contributed by atoms with Gasteiger partial charge in [0, 0.05) is 18.6 Å². The maximum Gasteiger partial charge on any atom is 0.416 e. The van der Waals surface area contributed by atoms with Crippen molar-refractivity contribution in [2.45, 2.75) is 57.4 Å². The Kier molecular flexibility index (Phi) is 3.30. The average Bonchev–Trinajstić information content (AvgIpc) is 3.01. The predicted molar refractivity (Wildman–Crippen MR) is 82.9 cm³/mol. The second-order valence-corrected chi connectivity index (χ2v) is 7.63. The minimum atomic E-state index is -4.35. The van der Waals surface area contributed by atoms with Crippen LogP contribution in [0.1, 0.15) is 42.9 Å². The molecule has 1 saturated heterocycles. The first-order chi connectivity index (χ1) is 11.2. The van der Waals surface area contributed by atoms with E-state index in [-0.39, 0.29) is 30.5 Å². The Labute approximate surface area is 139 Å². The Morgan fingerprint density at radius 1 is 1.29 bits per heavy atom. The first-order valence-electron chi connectivity index (χ1n) is 8.48. The molecule has 3 aliphatic rings. The molecule has 2 N–H and O–H groups in total. The molecule has 0 bridgehead atoms. The Morgan fingerprint density at radius 3 is 2.67 bits per heavy atom. The average molecular weight is 338 g/mol. The zero-order valence-electron chi connectivity index (χ0n) is 13.6. The lowest BCUT2D eigenvalue weighted by Crippen LogP contribution is -2.40. The molecule has 2 heterocycles. The molecule has 130 valence electrons. The summed E-state index contributed by atoms with van der Waals surface area (Å²) < 4.78 is 38.9. The third-order valence-corrected chi connectivity index (χ3v) is 6.43. The third kappa shape index (κ3) is 2.11. The van der Waals surface area contributed by atoms with Gasteiger partial charge in [0.25, 0.3) is 0 Å². The van der Waals surface area contributed by atoms with Crippen molar-refractivity contribution < 1.29 is 18.0 Å². The monoisotopic (exact) mass is 338 g/mol. The van der Waals surface area contributed by atoms with Gasteiger partial charge < -0.3 is 10.6 Å². The summed E-state index contributed by atoms with van der Waals surface area (Å²) in [4.78, 5) is 14.9. The summed E-state index contributed by atoms with van der Waals surface area (Å²) in [6.07, 6.45) is -1.37. The molecule has 6 heteroatoms. The van der Waals surface area contributed by atoms with E-state index in [2.05, 4.69) is 6.92 Å². The van der Waals surface area contributed by atoms with Crippen LogP contribution in [0.5, 0.6) is 0 Å². The molecule has 1 aliphatic carbocycles. The van der Waals surface area contributed by atoms with E-state index in [0.717, 1.165) is 24.5 Å². The van der Waals surface area contributed by atoms with Gasteiger partial charge in [-0.2, -0.15) is 13.2 Å². The molecule has 3 nitrogen and oxygen atoms in total. The number of rotatable bonds is 0. The highest BCUT2D eigenvalue weighted by atomic mass is 19.4. The van der Waals surface area contributed by atoms with Crippen molar-refractivity contribution in [3.05, 3.63) is 34.9 Å². The van der Waals surface area contributed by atoms with Crippen molar-refractivity contribution >= 4 is 5.91 Å². The fourth-order valence-electron chi connectivity index (χ4n) is 5.03. The quantitative estimate of drug-likeness (QED) is 0.790. The van der Waals surface area contributed by atoms with Gasteiger partial charge in [-0.15, -0.1) is 0 Å². The molecule has 1 aromatic carbocycles. The standard InChI is InChI=1S/C18H21F3N2O/c1-10-15-7-11-2-3-13(18(19,20)21)6-12(11)9-23(15)16(24)17(10)5-4-14(22)8-17/h2-3,6,10,14-15H,4-5,7-9,22H2,1H3/t10?,14-,15?,17+/m1/s1. The van der Waals surface area contributed by atoms with Gasteiger partial charge in [0.05, 0.1) is 11.0 Å². The number of amides is 1. The van der Waals surface area contributed by atoms with Gasteiger partial charge in [-0.3, -0.25) is 4.79 Å². The number of nitrogens with two attached hydrogens (primary N) is 1. The second kappa shape index (κ2) is 4.97. The number of benzene rings is 1. The SMILES string of the molecule is CC1C2Cc3ccc(C(F)(F)F)cc3CN2C(=O)[C@]12CC[C@@H](N)C2. The van der Waals surface area contributed by atoms with E-state index in [1.807, 2.05) is 4.90 Å². The van der Waals surface area contributed by atoms with E-state index in [9.17, 15) is 18.0 Å². The lowest BCUT2D eigenvalue weighted by Gasteiger charge is -2.33. The van der Waals surface area contributed by atoms with Crippen LogP contribution in [-0.4, -0.2) is 22.9 Å². The summed E-state index contributed by atoms with van der Waals surface area (Å²) in [6, 6.07) is 4.06. The van der Waals surface area contributed by atoms with Crippen LogP contribution in [0, 0.1) is 11.3 Å². The Morgan fingerprint density at radius 2 is 2.04 bits per heavy atom. The van der Waals surface area contributed by atoms with Gasteiger partial charge >= 0.3 is 6.18 Å². The molecule has 1 aromatic rings. The first-order valence-corrected chi connectivity index (χ1v) is 8.48. The van der Waals surface area contributed by atoms with E-state index in [1.54, 1.807) is 6.07 Å². The predicted octanol–water partition coefficient (Wildman–Crippen LogP) is 3.11. The van der Waals surface area contributed by atoms with Gasteiger partial charge in [-0.05, 0) is 54.9 Å². The molecule has 2 unspecified atom stereocenters. The molecule has 2 fully saturated rings. The molecule has 0 radical (unpaired) electrons. The molecular formula is C18H21F3N2O. The maximum absolute atomic E-state index is 13.1. The fraction of sp³-hybridized carbons (Fsp3) is 0.611. The van der Waals surface area contributed by atoms with Crippen LogP contribution in [-0.2, 0) is 23.9 Å². The number of hydrogen-bond donors (Lipinski definition) is 1. The van der Waals surface area contributed by atoms with Crippen molar-refractivity contribution in [3.63, 3.8) is 0 Å². The molecule has 1 spiro atoms. The van der Waals surface area contributed by atoms with E-state index < -0.39 is 17.2 Å². The third-order valence-electron chi connectivity index (χ3n) is 6.43. The van der Waals surface area contributed by atoms with E-state index in [4.69, 9.17) is 5.73 Å². The molecule has 2 aliphatic heterocycles. The summed E-state index contributed by atoms with van der Waals surface area (Å²) in [6.45, 7) is 2.39. The number of carbonyl (C=O) groups excluding carboxylic acids is 1. The van der Waals surface area contributed by atoms with Gasteiger partial charge in [0.1, 0.15) is 0 Å². The number of carbonyl (C=O) groups is 1. The van der Waals surface area contributed by atoms with Crippen molar-refractivity contribution in [1.82, 2.24) is 4.90 Å². The summed E-state index contributed by atoms with van der Waals surface area (Å²) in [5.41, 5.74) is 6.57. The van der Waals surface area contributed by atoms with Gasteiger partial charge in [-0.1, -0.05) is 13.0 Å². The highest BCUT2D eigenvalue weighted by molar-refractivity contribution is 5.87. The summed E-state index contributed by atoms with van der Waals surface area (Å²) in [7, 11) is 0. The number of alkyl halides is 3. The van der Waals surface area contributed by atoms with Crippen LogP contribution in [0.15, 0.2) is 18.2 Å². The molecular weight excluding hydrogens is 317 g/mol. The zero-order valence-corrected chi connectivity index (χ0v) is 13.6. The van der Waals surface area contributed by atoms with Crippen molar-refractivity contribution in [2.24, 2.45) is 17.1 Å². The number of nitrogens with zero attached hydrogens (tertiary/aromatic N) is 1. The summed E-state index contributed by atoms with van der Waals surface area (Å²) in [5.74, 6) is 0.282. The first kappa shape index (κ1) is 15.9. The van der Waals surface area contributed by atoms with Crippen molar-refractivity contribution in [2.75, 3.05) is 0 Å². The van der Waals surface area contributed by atoms with Crippen LogP contribution in [0.4, 0.5) is 13.2 Å². The molecule has 1 amide bonds. The Hall–Kier alpha value is -1.56. The van der Waals surface area contributed by atoms with E-state index in [1.165, 1.54) is 6.07 Å². The number of hydrogen-bond acceptors (Lipinski definition) is 2. The highest BCUT2D eigenvalue weighted by Crippen LogP contribution is 2.54. The van der Waals surface area contributed by atoms with E-state index in [0.29, 0.717) is 18.4 Å². The highest BCUT2D eigenvalue weighted by Gasteiger charge is 2.59. The maximum atomic E-state index is 13.1. The van der Waals surface area contributed by atoms with Crippen LogP contribution in [0.2, 0.25) is 0 Å². The molecule has 4 rings (SSSR count). The fourth-order valence-corrected chi connectivity index (χ4v) is 5.03. The lowest BCUT2D eigenvalue weighted by atomic mass is 9.73. The van der Waals surface area contributed by atoms with Crippen LogP contribution in [0.3, 0.4) is 0 Å². The molecule has 0 aromatic heterocycles. The van der Waals surface area contributed by atoms with Crippen LogP contribution < -0.4 is 5.73 Å². The van der Waals surface area contributed by atoms with Crippen molar-refractivity contribution in [1.29, 1.82) is 0 Å². The minimum absolute atomic E-state index is 0.0527. The van der Waals surface area contributed by atoms with E-state index >= 15 is 0 Å². The summed E-state index contributed by atoms with van der Waals surface area (Å²) >= 11 is 0. The Bertz CT molecular complexity index is 702. The lowest BCUT2D eigenvalue weighted by molar-refractivity contribution is -0.137. The number of fused-ring (bicyclic) bond motifs is 2. The Balaban J connectivity index is 1.69. The second-order valence-electron chi connectivity index (χ2n) is 7.63. The smallest absolute Gasteiger partial charge is 0.334 e. The minimum Gasteiger partial charge on any atom is -0.334 e. The normalized spacial score (nSPS) is 35.5. The molecule has 1 saturated carbocycles. The van der Waals surface area contributed by atoms with Crippen molar-refractivity contribution in [3.8, 4) is 0 Å². The largest absolute Gasteiger partial charge is 0.416 e. The van der Waals surface area contributed by atoms with Gasteiger partial charge in [-0.25, -0.2) is 0 Å². The van der Waals surface area contributed by atoms with Crippen LogP contribution >= 0.6 is 0 Å². The van der Waals surface area contributed by atoms with Crippen LogP contribution in [0.25, 0.3) is 0 Å². The number of halogens is 3. The topological polar surface area (TPSA) is 46.3 Å². The molecule has 24 heavy (non-hydrogen) atoms. The van der Waals surface area contributed by atoms with Gasteiger partial charge in [0.2, 0.25) is 5.91 Å². The molecule has 4 atom stereocenters. The van der Waals surface area contributed by atoms with Gasteiger partial charge in [0.15, 0.2) is 0 Å². The summed E-state index contributed by atoms with van der Waals surface area (Å²) in [5, 5.41) is 0. The zero-order chi connectivity index (χ0) is 17.3.